The quantitative estimate of drug-likeness (QED) is 0.0130. The fourth-order valence-corrected chi connectivity index (χ4v) is 8.60. The maximum Gasteiger partial charge on any atom is 0.306 e. The predicted molar refractivity (Wildman–Crippen MR) is 289 cm³/mol. The summed E-state index contributed by atoms with van der Waals surface area (Å²) in [7, 11) is 0. The van der Waals surface area contributed by atoms with E-state index in [1.54, 1.807) is 0 Å². The average molecular weight is 1050 g/mol. The molecule has 0 bridgehead atoms. The Morgan fingerprint density at radius 1 is 0.446 bits per heavy atom. The van der Waals surface area contributed by atoms with Crippen LogP contribution in [0.1, 0.15) is 194 Å². The summed E-state index contributed by atoms with van der Waals surface area (Å²) in [6.07, 6.45) is 38.0. The molecule has 7 N–H and O–H groups in total. The standard InChI is InChI=1S/C59H100O15/c1-3-5-7-9-11-13-15-17-19-20-21-22-23-24-25-26-28-30-32-34-36-38-40-42-51(62)72-47(44-69-50(61)41-39-37-35-33-31-29-27-18-16-14-12-10-8-6-4-2)45-70-58-57(68)55(66)53(64)49(74-58)46-71-59-56(67)54(65)52(63)48(43-60)73-59/h6,8,10,12,14,16,18,26-28,34,36,47-49,52-60,63-68H,3-5,7,9,11,13,15,17,19-25,29-33,35,37-46H2,1-2H3/b8-6+,12-10+,16-14+,27-18+,28-26+,36-34+/t47-,48+,49+,52-,53-,54?,55?,56?,57?,58+,59+/m1/s1. The molecule has 2 saturated heterocycles. The summed E-state index contributed by atoms with van der Waals surface area (Å²) in [6, 6.07) is 0. The van der Waals surface area contributed by atoms with Gasteiger partial charge in [0, 0.05) is 12.8 Å². The Labute approximate surface area is 444 Å². The van der Waals surface area contributed by atoms with E-state index in [4.69, 9.17) is 28.4 Å². The lowest BCUT2D eigenvalue weighted by Crippen LogP contribution is -2.61. The van der Waals surface area contributed by atoms with Crippen molar-refractivity contribution in [1.82, 2.24) is 0 Å². The summed E-state index contributed by atoms with van der Waals surface area (Å²) in [5.74, 6) is -1.00. The molecular formula is C59H100O15. The highest BCUT2D eigenvalue weighted by molar-refractivity contribution is 5.70. The molecule has 4 unspecified atom stereocenters. The monoisotopic (exact) mass is 1050 g/mol. The second kappa shape index (κ2) is 45.0. The molecule has 0 aliphatic carbocycles. The van der Waals surface area contributed by atoms with Crippen LogP contribution in [0.2, 0.25) is 0 Å². The van der Waals surface area contributed by atoms with Crippen molar-refractivity contribution >= 4 is 11.9 Å². The van der Waals surface area contributed by atoms with Gasteiger partial charge in [-0.15, -0.1) is 0 Å². The zero-order chi connectivity index (χ0) is 53.9. The van der Waals surface area contributed by atoms with Gasteiger partial charge in [0.25, 0.3) is 0 Å². The van der Waals surface area contributed by atoms with Crippen LogP contribution in [0.25, 0.3) is 0 Å². The van der Waals surface area contributed by atoms with Crippen molar-refractivity contribution in [3.8, 4) is 0 Å². The second-order valence-corrected chi connectivity index (χ2v) is 19.8. The summed E-state index contributed by atoms with van der Waals surface area (Å²) in [6.45, 7) is 2.40. The molecule has 2 fully saturated rings. The minimum atomic E-state index is -1.78. The van der Waals surface area contributed by atoms with E-state index < -0.39 is 99.3 Å². The van der Waals surface area contributed by atoms with Crippen molar-refractivity contribution in [1.29, 1.82) is 0 Å². The fourth-order valence-electron chi connectivity index (χ4n) is 8.60. The van der Waals surface area contributed by atoms with Crippen molar-refractivity contribution in [2.24, 2.45) is 0 Å². The smallest absolute Gasteiger partial charge is 0.306 e. The van der Waals surface area contributed by atoms with E-state index >= 15 is 0 Å². The van der Waals surface area contributed by atoms with E-state index in [9.17, 15) is 45.3 Å². The molecule has 0 radical (unpaired) electrons. The normalized spacial score (nSPS) is 25.2. The topological polar surface area (TPSA) is 231 Å². The number of carbonyl (C=O) groups excluding carboxylic acids is 2. The van der Waals surface area contributed by atoms with Gasteiger partial charge in [0.15, 0.2) is 18.7 Å². The largest absolute Gasteiger partial charge is 0.462 e. The summed E-state index contributed by atoms with van der Waals surface area (Å²) in [5.41, 5.74) is 0. The van der Waals surface area contributed by atoms with Crippen molar-refractivity contribution in [2.75, 3.05) is 26.4 Å². The minimum Gasteiger partial charge on any atom is -0.462 e. The Hall–Kier alpha value is -3.06. The van der Waals surface area contributed by atoms with Crippen molar-refractivity contribution in [3.63, 3.8) is 0 Å². The molecule has 2 aliphatic heterocycles. The van der Waals surface area contributed by atoms with E-state index in [2.05, 4.69) is 50.3 Å². The van der Waals surface area contributed by atoms with E-state index in [1.165, 1.54) is 89.9 Å². The summed E-state index contributed by atoms with van der Waals surface area (Å²) >= 11 is 0. The maximum atomic E-state index is 13.0. The predicted octanol–water partition coefficient (Wildman–Crippen LogP) is 9.38. The second-order valence-electron chi connectivity index (χ2n) is 19.8. The minimum absolute atomic E-state index is 0.0967. The van der Waals surface area contributed by atoms with Crippen LogP contribution < -0.4 is 0 Å². The van der Waals surface area contributed by atoms with Crippen LogP contribution in [-0.2, 0) is 38.0 Å². The number of carbonyl (C=O) groups is 2. The van der Waals surface area contributed by atoms with E-state index in [0.29, 0.717) is 19.3 Å². The first-order chi connectivity index (χ1) is 36.0. The number of aliphatic hydroxyl groups excluding tert-OH is 7. The van der Waals surface area contributed by atoms with Crippen LogP contribution >= 0.6 is 0 Å². The first-order valence-electron chi connectivity index (χ1n) is 28.6. The highest BCUT2D eigenvalue weighted by Crippen LogP contribution is 2.26. The van der Waals surface area contributed by atoms with Gasteiger partial charge in [-0.05, 0) is 64.2 Å². The van der Waals surface area contributed by atoms with Crippen LogP contribution in [0, 0.1) is 0 Å². The van der Waals surface area contributed by atoms with Gasteiger partial charge < -0.3 is 64.2 Å². The molecule has 15 nitrogen and oxygen atoms in total. The van der Waals surface area contributed by atoms with Gasteiger partial charge >= 0.3 is 11.9 Å². The number of esters is 2. The van der Waals surface area contributed by atoms with Crippen molar-refractivity contribution in [2.45, 2.75) is 261 Å². The third kappa shape index (κ3) is 31.9. The van der Waals surface area contributed by atoms with Gasteiger partial charge in [-0.2, -0.15) is 0 Å². The maximum absolute atomic E-state index is 13.0. The highest BCUT2D eigenvalue weighted by Gasteiger charge is 2.47. The van der Waals surface area contributed by atoms with E-state index in [0.717, 1.165) is 57.8 Å². The molecule has 11 atom stereocenters. The molecule has 2 heterocycles. The molecule has 0 aromatic carbocycles. The van der Waals surface area contributed by atoms with Gasteiger partial charge in [-0.1, -0.05) is 189 Å². The summed E-state index contributed by atoms with van der Waals surface area (Å²) < 4.78 is 33.6. The Kier molecular flexibility index (Phi) is 40.8. The third-order valence-corrected chi connectivity index (χ3v) is 13.2. The summed E-state index contributed by atoms with van der Waals surface area (Å²) in [4.78, 5) is 25.8. The molecular weight excluding hydrogens is 949 g/mol. The Morgan fingerprint density at radius 2 is 0.892 bits per heavy atom. The van der Waals surface area contributed by atoms with Crippen molar-refractivity contribution in [3.05, 3.63) is 72.9 Å². The van der Waals surface area contributed by atoms with E-state index in [1.807, 2.05) is 36.5 Å². The van der Waals surface area contributed by atoms with Crippen molar-refractivity contribution < 1.29 is 73.8 Å². The molecule has 2 rings (SSSR count). The summed E-state index contributed by atoms with van der Waals surface area (Å²) in [5, 5.41) is 72.2. The first kappa shape index (κ1) is 67.1. The zero-order valence-electron chi connectivity index (χ0n) is 45.3. The average Bonchev–Trinajstić information content (AvgIpc) is 3.39. The molecule has 2 aliphatic rings. The number of unbranched alkanes of at least 4 members (excludes halogenated alkanes) is 21. The Bertz CT molecular complexity index is 1560. The van der Waals surface area contributed by atoms with Crippen LogP contribution in [0.4, 0.5) is 0 Å². The van der Waals surface area contributed by atoms with E-state index in [-0.39, 0.29) is 19.4 Å². The fraction of sp³-hybridized carbons (Fsp3) is 0.763. The van der Waals surface area contributed by atoms with Gasteiger partial charge in [-0.3, -0.25) is 9.59 Å². The third-order valence-electron chi connectivity index (χ3n) is 13.2. The number of ether oxygens (including phenoxy) is 6. The number of rotatable bonds is 44. The van der Waals surface area contributed by atoms with Gasteiger partial charge in [-0.25, -0.2) is 0 Å². The van der Waals surface area contributed by atoms with Crippen LogP contribution in [-0.4, -0.2) is 142 Å². The lowest BCUT2D eigenvalue weighted by molar-refractivity contribution is -0.332. The lowest BCUT2D eigenvalue weighted by Gasteiger charge is -2.42. The molecule has 426 valence electrons. The zero-order valence-corrected chi connectivity index (χ0v) is 45.3. The molecule has 0 spiro atoms. The Balaban J connectivity index is 1.78. The first-order valence-corrected chi connectivity index (χ1v) is 28.6. The number of aliphatic hydroxyl groups is 7. The van der Waals surface area contributed by atoms with Crippen LogP contribution in [0.3, 0.4) is 0 Å². The molecule has 74 heavy (non-hydrogen) atoms. The van der Waals surface area contributed by atoms with Crippen LogP contribution in [0.5, 0.6) is 0 Å². The number of allylic oxidation sites excluding steroid dienone is 12. The molecule has 0 amide bonds. The highest BCUT2D eigenvalue weighted by atomic mass is 16.7. The Morgan fingerprint density at radius 3 is 1.46 bits per heavy atom. The lowest BCUT2D eigenvalue weighted by atomic mass is 9.98. The molecule has 0 aromatic rings. The number of hydrogen-bond donors (Lipinski definition) is 7. The molecule has 15 heteroatoms. The SMILES string of the molecule is CC/C=C/C=C/C=C/C=C/CCCCCCCC(=O)OC[C@H](CO[C@H]1O[C@@H](CO[C@H]2O[C@@H](CO)[C@@H](O)C(O)C2O)[C@@H](O)C(O)C1O)OC(=O)CCC/C=C/CC/C=C/CCCCCCCCCCCCCCCC. The van der Waals surface area contributed by atoms with Crippen LogP contribution in [0.15, 0.2) is 72.9 Å². The molecule has 0 saturated carbocycles. The molecule has 0 aromatic heterocycles. The van der Waals surface area contributed by atoms with Gasteiger partial charge in [0.2, 0.25) is 0 Å². The number of hydrogen-bond acceptors (Lipinski definition) is 15. The van der Waals surface area contributed by atoms with Gasteiger partial charge in [0.05, 0.1) is 19.8 Å². The van der Waals surface area contributed by atoms with Gasteiger partial charge in [0.1, 0.15) is 55.4 Å².